The van der Waals surface area contributed by atoms with Crippen LogP contribution in [0.25, 0.3) is 0 Å². The first-order valence-electron chi connectivity index (χ1n) is 12.2. The second kappa shape index (κ2) is 7.05. The van der Waals surface area contributed by atoms with Crippen molar-refractivity contribution in [3.63, 3.8) is 0 Å². The van der Waals surface area contributed by atoms with E-state index < -0.39 is 0 Å². The Labute approximate surface area is 186 Å². The largest absolute Gasteiger partial charge is 0.458 e. The molecule has 0 heterocycles. The molecule has 4 nitrogen and oxygen atoms in total. The average Bonchev–Trinajstić information content (AvgIpc) is 3.08. The van der Waals surface area contributed by atoms with Crippen LogP contribution in [0.15, 0.2) is 30.3 Å². The van der Waals surface area contributed by atoms with Gasteiger partial charge in [-0.25, -0.2) is 4.79 Å². The van der Waals surface area contributed by atoms with Crippen molar-refractivity contribution < 1.29 is 19.7 Å². The predicted molar refractivity (Wildman–Crippen MR) is 119 cm³/mol. The molecule has 0 unspecified atom stereocenters. The van der Waals surface area contributed by atoms with Gasteiger partial charge in [0.05, 0.1) is 11.7 Å². The number of ether oxygens (including phenoxy) is 1. The molecule has 2 N–H and O–H groups in total. The van der Waals surface area contributed by atoms with Crippen LogP contribution >= 0.6 is 0 Å². The lowest BCUT2D eigenvalue weighted by molar-refractivity contribution is -0.235. The summed E-state index contributed by atoms with van der Waals surface area (Å²) in [7, 11) is 0. The highest BCUT2D eigenvalue weighted by atomic mass is 16.5. The molecule has 170 valence electrons. The van der Waals surface area contributed by atoms with Gasteiger partial charge in [0, 0.05) is 12.5 Å². The van der Waals surface area contributed by atoms with Crippen LogP contribution in [0.4, 0.5) is 0 Å². The Balaban J connectivity index is 1.56. The highest BCUT2D eigenvalue weighted by Crippen LogP contribution is 2.76. The van der Waals surface area contributed by atoms with Crippen molar-refractivity contribution in [1.82, 2.24) is 0 Å². The maximum Gasteiger partial charge on any atom is 0.338 e. The molecule has 4 aliphatic carbocycles. The minimum atomic E-state index is -0.272. The summed E-state index contributed by atoms with van der Waals surface area (Å²) in [5.74, 6) is 0.247. The number of aliphatic hydroxyl groups is 2. The molecule has 5 rings (SSSR count). The van der Waals surface area contributed by atoms with Gasteiger partial charge in [-0.1, -0.05) is 45.4 Å². The van der Waals surface area contributed by atoms with Gasteiger partial charge in [-0.2, -0.15) is 0 Å². The van der Waals surface area contributed by atoms with Crippen LogP contribution in [-0.2, 0) is 4.74 Å². The summed E-state index contributed by atoms with van der Waals surface area (Å²) in [4.78, 5) is 13.1. The van der Waals surface area contributed by atoms with Crippen molar-refractivity contribution in [2.75, 3.05) is 6.61 Å². The van der Waals surface area contributed by atoms with E-state index in [1.807, 2.05) is 30.3 Å². The van der Waals surface area contributed by atoms with Crippen LogP contribution in [0.5, 0.6) is 0 Å². The molecule has 4 fully saturated rings. The quantitative estimate of drug-likeness (QED) is 0.669. The maximum atomic E-state index is 13.1. The zero-order valence-corrected chi connectivity index (χ0v) is 19.3. The first-order valence-corrected chi connectivity index (χ1v) is 12.2. The molecule has 4 aliphatic rings. The van der Waals surface area contributed by atoms with Crippen LogP contribution in [0.1, 0.15) is 82.5 Å². The summed E-state index contributed by atoms with van der Waals surface area (Å²) >= 11 is 0. The third-order valence-electron chi connectivity index (χ3n) is 10.5. The topological polar surface area (TPSA) is 66.8 Å². The minimum absolute atomic E-state index is 0.00464. The molecule has 1 spiro atoms. The maximum absolute atomic E-state index is 13.1. The van der Waals surface area contributed by atoms with Gasteiger partial charge in [-0.3, -0.25) is 0 Å². The molecule has 0 saturated heterocycles. The highest BCUT2D eigenvalue weighted by Gasteiger charge is 2.72. The summed E-state index contributed by atoms with van der Waals surface area (Å²) in [5.41, 5.74) is 0.528. The molecule has 0 radical (unpaired) electrons. The lowest BCUT2D eigenvalue weighted by atomic mass is 9.37. The number of aliphatic hydroxyl groups excluding tert-OH is 2. The van der Waals surface area contributed by atoms with Crippen molar-refractivity contribution >= 4 is 5.97 Å². The van der Waals surface area contributed by atoms with E-state index in [1.165, 1.54) is 0 Å². The number of hydrogen-bond donors (Lipinski definition) is 2. The molecular formula is C27H38O4. The van der Waals surface area contributed by atoms with E-state index in [9.17, 15) is 15.0 Å². The van der Waals surface area contributed by atoms with Crippen molar-refractivity contribution in [2.45, 2.75) is 84.3 Å². The summed E-state index contributed by atoms with van der Waals surface area (Å²) in [6.07, 6.45) is 7.64. The minimum Gasteiger partial charge on any atom is -0.458 e. The van der Waals surface area contributed by atoms with Gasteiger partial charge in [0.25, 0.3) is 0 Å². The molecule has 0 amide bonds. The number of carbonyl (C=O) groups is 1. The SMILES string of the molecule is C[C@]12CC[C@]3(C1)[C@@H](C[C@H](OC(=O)c1ccccc1)[C@H]1[C@](C)(CO)CCC[C@@]13C)C[C@H]2O. The molecule has 31 heavy (non-hydrogen) atoms. The second-order valence-corrected chi connectivity index (χ2v) is 12.0. The van der Waals surface area contributed by atoms with Gasteiger partial charge < -0.3 is 14.9 Å². The highest BCUT2D eigenvalue weighted by molar-refractivity contribution is 5.89. The molecule has 4 saturated carbocycles. The van der Waals surface area contributed by atoms with Crippen molar-refractivity contribution in [3.05, 3.63) is 35.9 Å². The molecule has 1 aromatic rings. The van der Waals surface area contributed by atoms with Gasteiger partial charge >= 0.3 is 5.97 Å². The van der Waals surface area contributed by atoms with Crippen LogP contribution in [0, 0.1) is 33.5 Å². The van der Waals surface area contributed by atoms with E-state index in [0.717, 1.165) is 51.4 Å². The van der Waals surface area contributed by atoms with Crippen molar-refractivity contribution in [3.8, 4) is 0 Å². The lowest BCUT2D eigenvalue weighted by Gasteiger charge is -2.68. The Bertz CT molecular complexity index is 854. The van der Waals surface area contributed by atoms with Gasteiger partial charge in [-0.05, 0) is 84.7 Å². The number of benzene rings is 1. The van der Waals surface area contributed by atoms with Gasteiger partial charge in [0.1, 0.15) is 6.10 Å². The summed E-state index contributed by atoms with van der Waals surface area (Å²) < 4.78 is 6.29. The van der Waals surface area contributed by atoms with Crippen LogP contribution < -0.4 is 0 Å². The Morgan fingerprint density at radius 1 is 1.06 bits per heavy atom. The monoisotopic (exact) mass is 426 g/mol. The first-order chi connectivity index (χ1) is 14.7. The second-order valence-electron chi connectivity index (χ2n) is 12.0. The summed E-state index contributed by atoms with van der Waals surface area (Å²) in [5, 5.41) is 21.6. The molecule has 2 bridgehead atoms. The summed E-state index contributed by atoms with van der Waals surface area (Å²) in [6.45, 7) is 7.05. The molecular weight excluding hydrogens is 388 g/mol. The summed E-state index contributed by atoms with van der Waals surface area (Å²) in [6, 6.07) is 9.26. The van der Waals surface area contributed by atoms with E-state index >= 15 is 0 Å². The zero-order valence-electron chi connectivity index (χ0n) is 19.3. The first kappa shape index (κ1) is 21.5. The third kappa shape index (κ3) is 2.90. The van der Waals surface area contributed by atoms with Crippen molar-refractivity contribution in [2.24, 2.45) is 33.5 Å². The van der Waals surface area contributed by atoms with E-state index in [1.54, 1.807) is 0 Å². The predicted octanol–water partition coefficient (Wildman–Crippen LogP) is 4.98. The zero-order chi connectivity index (χ0) is 22.1. The lowest BCUT2D eigenvalue weighted by Crippen LogP contribution is -2.65. The van der Waals surface area contributed by atoms with Crippen LogP contribution in [0.3, 0.4) is 0 Å². The van der Waals surface area contributed by atoms with E-state index in [2.05, 4.69) is 20.8 Å². The van der Waals surface area contributed by atoms with E-state index in [-0.39, 0.29) is 52.4 Å². The van der Waals surface area contributed by atoms with Gasteiger partial charge in [0.2, 0.25) is 0 Å². The number of hydrogen-bond acceptors (Lipinski definition) is 4. The normalized spacial score (nSPS) is 48.5. The number of esters is 1. The Morgan fingerprint density at radius 2 is 1.81 bits per heavy atom. The number of rotatable bonds is 3. The Hall–Kier alpha value is -1.39. The van der Waals surface area contributed by atoms with Crippen LogP contribution in [-0.4, -0.2) is 35.0 Å². The van der Waals surface area contributed by atoms with Crippen molar-refractivity contribution in [1.29, 1.82) is 0 Å². The molecule has 1 aromatic carbocycles. The third-order valence-corrected chi connectivity index (χ3v) is 10.5. The van der Waals surface area contributed by atoms with Gasteiger partial charge in [-0.15, -0.1) is 0 Å². The van der Waals surface area contributed by atoms with Crippen LogP contribution in [0.2, 0.25) is 0 Å². The standard InChI is InChI=1S/C27H38O4/c1-24-12-13-27(16-24)19(15-21(24)29)14-20(31-23(30)18-8-5-4-6-9-18)22-25(2,17-28)10-7-11-26(22,27)3/h4-6,8-9,19-22,28-29H,7,10-17H2,1-3H3/t19-,20-,21+,22-,24-,25-,26-,27-/m0/s1. The Kier molecular flexibility index (Phi) is 4.88. The fourth-order valence-electron chi connectivity index (χ4n) is 8.94. The smallest absolute Gasteiger partial charge is 0.338 e. The molecule has 8 atom stereocenters. The average molecular weight is 427 g/mol. The van der Waals surface area contributed by atoms with Gasteiger partial charge in [0.15, 0.2) is 0 Å². The van der Waals surface area contributed by atoms with E-state index in [4.69, 9.17) is 4.74 Å². The Morgan fingerprint density at radius 3 is 2.52 bits per heavy atom. The van der Waals surface area contributed by atoms with E-state index in [0.29, 0.717) is 11.5 Å². The molecule has 4 heteroatoms. The fraction of sp³-hybridized carbons (Fsp3) is 0.741. The number of carbonyl (C=O) groups excluding carboxylic acids is 1. The fourth-order valence-corrected chi connectivity index (χ4v) is 8.94. The molecule has 0 aromatic heterocycles. The number of fused-ring (bicyclic) bond motifs is 2. The molecule has 0 aliphatic heterocycles.